The van der Waals surface area contributed by atoms with E-state index in [-0.39, 0.29) is 41.9 Å². The largest absolute Gasteiger partial charge is 0.370 e. The van der Waals surface area contributed by atoms with Crippen LogP contribution in [-0.4, -0.2) is 62.1 Å². The molecule has 1 aliphatic rings. The van der Waals surface area contributed by atoms with Crippen LogP contribution >= 0.6 is 11.3 Å². The lowest BCUT2D eigenvalue weighted by Gasteiger charge is -2.26. The standard InChI is InChI=1S/C28H33N7O5S2/c29-28(30)32-14-6-10-21(25(37)26-31-15-16-41-26)33-24(36)17-35-23-11-5-4-9-20(23)12-13-22(27(35)38)34-42(39,40)18-19-7-2-1-3-8-19/h1-5,7-9,11,15-16,21-22,34H,6,10,12-14,17-18H2,(H,33,36)(H4,29,30,32)/t21-,22?/m0/s1. The molecule has 4 rings (SSSR count). The molecule has 0 fully saturated rings. The van der Waals surface area contributed by atoms with E-state index in [9.17, 15) is 22.8 Å². The summed E-state index contributed by atoms with van der Waals surface area (Å²) in [4.78, 5) is 49.5. The third kappa shape index (κ3) is 8.44. The number of ketones is 1. The molecule has 0 bridgehead atoms. The van der Waals surface area contributed by atoms with Crippen LogP contribution in [-0.2, 0) is 31.8 Å². The number of nitrogens with zero attached hydrogens (tertiary/aromatic N) is 3. The Bertz CT molecular complexity index is 1520. The summed E-state index contributed by atoms with van der Waals surface area (Å²) in [6, 6.07) is 13.8. The normalized spacial score (nSPS) is 15.8. The monoisotopic (exact) mass is 611 g/mol. The number of thiazole rings is 1. The second-order valence-electron chi connectivity index (χ2n) is 9.78. The predicted octanol–water partition coefficient (Wildman–Crippen LogP) is 1.33. The van der Waals surface area contributed by atoms with Gasteiger partial charge >= 0.3 is 0 Å². The number of anilines is 1. The van der Waals surface area contributed by atoms with Gasteiger partial charge in [0.2, 0.25) is 27.6 Å². The van der Waals surface area contributed by atoms with Crippen LogP contribution in [0.2, 0.25) is 0 Å². The number of nitrogens with two attached hydrogens (primary N) is 2. The topological polar surface area (TPSA) is 190 Å². The number of benzene rings is 2. The molecule has 14 heteroatoms. The Kier molecular flexibility index (Phi) is 10.4. The zero-order chi connectivity index (χ0) is 30.1. The second-order valence-corrected chi connectivity index (χ2v) is 12.4. The molecule has 3 aromatic rings. The number of hydrogen-bond donors (Lipinski definition) is 4. The lowest BCUT2D eigenvalue weighted by Crippen LogP contribution is -2.52. The van der Waals surface area contributed by atoms with Crippen molar-refractivity contribution < 1.29 is 22.8 Å². The van der Waals surface area contributed by atoms with Crippen molar-refractivity contribution in [1.82, 2.24) is 15.0 Å². The number of fused-ring (bicyclic) bond motifs is 1. The molecule has 0 saturated carbocycles. The number of rotatable bonds is 13. The van der Waals surface area contributed by atoms with Gasteiger partial charge in [0.1, 0.15) is 12.6 Å². The number of nitrogens with one attached hydrogen (secondary N) is 2. The van der Waals surface area contributed by atoms with Gasteiger partial charge in [0.15, 0.2) is 11.0 Å². The van der Waals surface area contributed by atoms with Crippen molar-refractivity contribution in [3.05, 3.63) is 82.3 Å². The van der Waals surface area contributed by atoms with Gasteiger partial charge in [-0.2, -0.15) is 0 Å². The Morgan fingerprint density at radius 2 is 1.86 bits per heavy atom. The minimum Gasteiger partial charge on any atom is -0.370 e. The van der Waals surface area contributed by atoms with Crippen LogP contribution in [0, 0.1) is 0 Å². The van der Waals surface area contributed by atoms with Gasteiger partial charge in [-0.25, -0.2) is 18.1 Å². The highest BCUT2D eigenvalue weighted by Gasteiger charge is 2.35. The number of amides is 2. The summed E-state index contributed by atoms with van der Waals surface area (Å²) >= 11 is 1.16. The molecule has 42 heavy (non-hydrogen) atoms. The maximum absolute atomic E-state index is 13.8. The Balaban J connectivity index is 1.52. The first-order valence-corrected chi connectivity index (χ1v) is 15.9. The molecule has 222 valence electrons. The molecule has 1 unspecified atom stereocenters. The Morgan fingerprint density at radius 1 is 1.12 bits per heavy atom. The third-order valence-electron chi connectivity index (χ3n) is 6.61. The first kappa shape index (κ1) is 30.8. The number of Topliss-reactive ketones (excluding diaryl/α,β-unsaturated/α-hetero) is 1. The van der Waals surface area contributed by atoms with Crippen LogP contribution < -0.4 is 26.4 Å². The third-order valence-corrected chi connectivity index (χ3v) is 8.76. The van der Waals surface area contributed by atoms with Crippen molar-refractivity contribution in [3.63, 3.8) is 0 Å². The molecule has 2 atom stereocenters. The minimum atomic E-state index is -3.87. The van der Waals surface area contributed by atoms with Gasteiger partial charge in [-0.3, -0.25) is 19.4 Å². The van der Waals surface area contributed by atoms with Crippen LogP contribution in [0.25, 0.3) is 0 Å². The number of aliphatic imine (C=N–C) groups is 1. The summed E-state index contributed by atoms with van der Waals surface area (Å²) in [5.74, 6) is -1.86. The predicted molar refractivity (Wildman–Crippen MR) is 161 cm³/mol. The van der Waals surface area contributed by atoms with E-state index in [0.717, 1.165) is 16.9 Å². The lowest BCUT2D eigenvalue weighted by molar-refractivity contribution is -0.124. The van der Waals surface area contributed by atoms with Crippen LogP contribution in [0.15, 0.2) is 71.2 Å². The maximum atomic E-state index is 13.8. The van der Waals surface area contributed by atoms with Gasteiger partial charge in [-0.05, 0) is 42.9 Å². The van der Waals surface area contributed by atoms with Crippen LogP contribution in [0.4, 0.5) is 5.69 Å². The summed E-state index contributed by atoms with van der Waals surface area (Å²) in [6.07, 6.45) is 2.80. The zero-order valence-electron chi connectivity index (χ0n) is 22.8. The van der Waals surface area contributed by atoms with Crippen molar-refractivity contribution in [2.24, 2.45) is 16.5 Å². The molecule has 2 aromatic carbocycles. The van der Waals surface area contributed by atoms with Gasteiger partial charge < -0.3 is 21.7 Å². The fourth-order valence-corrected chi connectivity index (χ4v) is 6.69. The van der Waals surface area contributed by atoms with Crippen molar-refractivity contribution >= 4 is 50.6 Å². The fraction of sp³-hybridized carbons (Fsp3) is 0.321. The van der Waals surface area contributed by atoms with Crippen molar-refractivity contribution in [3.8, 4) is 0 Å². The van der Waals surface area contributed by atoms with Crippen molar-refractivity contribution in [1.29, 1.82) is 0 Å². The molecular weight excluding hydrogens is 578 g/mol. The fourth-order valence-electron chi connectivity index (χ4n) is 4.69. The molecule has 0 radical (unpaired) electrons. The number of sulfonamides is 1. The van der Waals surface area contributed by atoms with Crippen molar-refractivity contribution in [2.75, 3.05) is 18.0 Å². The van der Waals surface area contributed by atoms with E-state index >= 15 is 0 Å². The molecule has 0 spiro atoms. The molecule has 0 aliphatic carbocycles. The number of aromatic nitrogens is 1. The van der Waals surface area contributed by atoms with Gasteiger partial charge in [0, 0.05) is 23.8 Å². The van der Waals surface area contributed by atoms with E-state index in [0.29, 0.717) is 24.1 Å². The summed E-state index contributed by atoms with van der Waals surface area (Å²) in [6.45, 7) is -0.148. The van der Waals surface area contributed by atoms with E-state index in [1.54, 1.807) is 47.8 Å². The molecular formula is C28H33N7O5S2. The van der Waals surface area contributed by atoms with Crippen LogP contribution in [0.5, 0.6) is 0 Å². The lowest BCUT2D eigenvalue weighted by atomic mass is 10.1. The molecule has 1 aliphatic heterocycles. The van der Waals surface area contributed by atoms with Gasteiger partial charge in [0.05, 0.1) is 11.8 Å². The van der Waals surface area contributed by atoms with E-state index in [4.69, 9.17) is 11.5 Å². The summed E-state index contributed by atoms with van der Waals surface area (Å²) < 4.78 is 28.5. The number of para-hydroxylation sites is 1. The SMILES string of the molecule is NC(N)=NCCC[C@H](NC(=O)CN1C(=O)C(NS(=O)(=O)Cc2ccccc2)CCc2ccccc21)C(=O)c1nccs1. The summed E-state index contributed by atoms with van der Waals surface area (Å²) in [5, 5.41) is 4.65. The number of carbonyl (C=O) groups is 3. The maximum Gasteiger partial charge on any atom is 0.245 e. The van der Waals surface area contributed by atoms with Gasteiger partial charge in [0.25, 0.3) is 0 Å². The first-order valence-electron chi connectivity index (χ1n) is 13.3. The molecule has 12 nitrogen and oxygen atoms in total. The number of carbonyl (C=O) groups excluding carboxylic acids is 3. The number of aryl methyl sites for hydroxylation is 1. The number of guanidine groups is 1. The number of hydrogen-bond acceptors (Lipinski definition) is 8. The van der Waals surface area contributed by atoms with Crippen LogP contribution in [0.1, 0.15) is 40.2 Å². The molecule has 1 aromatic heterocycles. The van der Waals surface area contributed by atoms with Crippen molar-refractivity contribution in [2.45, 2.75) is 43.5 Å². The van der Waals surface area contributed by atoms with E-state index in [2.05, 4.69) is 20.0 Å². The van der Waals surface area contributed by atoms with E-state index in [1.165, 1.54) is 11.1 Å². The Morgan fingerprint density at radius 3 is 2.57 bits per heavy atom. The molecule has 2 amide bonds. The highest BCUT2D eigenvalue weighted by molar-refractivity contribution is 7.88. The van der Waals surface area contributed by atoms with Crippen LogP contribution in [0.3, 0.4) is 0 Å². The molecule has 0 saturated heterocycles. The average molecular weight is 612 g/mol. The van der Waals surface area contributed by atoms with Gasteiger partial charge in [-0.1, -0.05) is 48.5 Å². The van der Waals surface area contributed by atoms with Gasteiger partial charge in [-0.15, -0.1) is 11.3 Å². The summed E-state index contributed by atoms with van der Waals surface area (Å²) in [5.41, 5.74) is 12.7. The zero-order valence-corrected chi connectivity index (χ0v) is 24.4. The second kappa shape index (κ2) is 14.2. The quantitative estimate of drug-likeness (QED) is 0.0963. The molecule has 2 heterocycles. The summed E-state index contributed by atoms with van der Waals surface area (Å²) in [7, 11) is -3.87. The van der Waals surface area contributed by atoms with E-state index < -0.39 is 40.5 Å². The molecule has 6 N–H and O–H groups in total. The Hall–Kier alpha value is -4.14. The van der Waals surface area contributed by atoms with E-state index in [1.807, 2.05) is 12.1 Å². The first-order chi connectivity index (χ1) is 20.1. The minimum absolute atomic E-state index is 0.0749. The average Bonchev–Trinajstić information content (AvgIpc) is 3.47. The highest BCUT2D eigenvalue weighted by Crippen LogP contribution is 2.27. The highest BCUT2D eigenvalue weighted by atomic mass is 32.2. The smallest absolute Gasteiger partial charge is 0.245 e. The Labute approximate surface area is 248 Å².